The number of hydrogen-bond donors (Lipinski definition) is 2. The quantitative estimate of drug-likeness (QED) is 0.370. The highest BCUT2D eigenvalue weighted by Gasteiger charge is 1.99. The summed E-state index contributed by atoms with van der Waals surface area (Å²) in [6, 6.07) is 0. The molecule has 0 saturated heterocycles. The van der Waals surface area contributed by atoms with E-state index < -0.39 is 5.97 Å². The number of hydrogen-bond acceptors (Lipinski definition) is 2. The van der Waals surface area contributed by atoms with Gasteiger partial charge in [-0.2, -0.15) is 0 Å². The predicted octanol–water partition coefficient (Wildman–Crippen LogP) is 1.63. The number of carboxylic acids is 1. The monoisotopic (exact) mass is 156 g/mol. The van der Waals surface area contributed by atoms with Crippen LogP contribution in [0.4, 0.5) is 0 Å². The van der Waals surface area contributed by atoms with Crippen LogP contribution in [0.2, 0.25) is 0 Å². The lowest BCUT2D eigenvalue weighted by Gasteiger charge is -1.91. The minimum absolute atomic E-state index is 0.0972. The molecule has 0 unspecified atom stereocenters. The van der Waals surface area contributed by atoms with Crippen molar-refractivity contribution in [3.63, 3.8) is 0 Å². The van der Waals surface area contributed by atoms with Crippen LogP contribution in [0, 0.1) is 0 Å². The summed E-state index contributed by atoms with van der Waals surface area (Å²) < 4.78 is 0. The van der Waals surface area contributed by atoms with E-state index in [0.717, 1.165) is 0 Å². The van der Waals surface area contributed by atoms with Crippen molar-refractivity contribution in [2.45, 2.75) is 0 Å². The fourth-order valence-corrected chi connectivity index (χ4v) is 0.527. The lowest BCUT2D eigenvalue weighted by atomic mass is 10.2. The molecule has 0 spiro atoms. The van der Waals surface area contributed by atoms with Crippen LogP contribution in [0.5, 0.6) is 0 Å². The Bertz CT molecular complexity index is 204. The number of carbonyl (C=O) groups is 1. The lowest BCUT2D eigenvalue weighted by molar-refractivity contribution is -0.132. The average molecular weight is 156 g/mol. The van der Waals surface area contributed by atoms with Gasteiger partial charge in [-0.05, 0) is 11.0 Å². The van der Waals surface area contributed by atoms with E-state index >= 15 is 0 Å². The Morgan fingerprint density at radius 1 is 1.60 bits per heavy atom. The number of rotatable bonds is 3. The molecule has 0 atom stereocenters. The van der Waals surface area contributed by atoms with E-state index in [1.54, 1.807) is 0 Å². The molecule has 0 aliphatic carbocycles. The Kier molecular flexibility index (Phi) is 3.57. The van der Waals surface area contributed by atoms with Crippen LogP contribution < -0.4 is 0 Å². The van der Waals surface area contributed by atoms with Gasteiger partial charge in [-0.25, -0.2) is 4.79 Å². The van der Waals surface area contributed by atoms with E-state index in [-0.39, 0.29) is 5.57 Å². The molecule has 0 heterocycles. The maximum absolute atomic E-state index is 10.3. The Hall–Kier alpha value is -0.960. The molecule has 0 fully saturated rings. The first-order valence-electron chi connectivity index (χ1n) is 2.53. The molecular weight excluding hydrogens is 148 g/mol. The molecule has 54 valence electrons. The highest BCUT2D eigenvalue weighted by atomic mass is 32.1. The minimum atomic E-state index is -1.02. The van der Waals surface area contributed by atoms with Gasteiger partial charge in [-0.15, -0.1) is 12.6 Å². The van der Waals surface area contributed by atoms with E-state index in [0.29, 0.717) is 4.91 Å². The van der Waals surface area contributed by atoms with Gasteiger partial charge in [-0.3, -0.25) is 0 Å². The Morgan fingerprint density at radius 3 is 2.20 bits per heavy atom. The van der Waals surface area contributed by atoms with E-state index in [4.69, 9.17) is 5.11 Å². The average Bonchev–Trinajstić information content (AvgIpc) is 1.81. The van der Waals surface area contributed by atoms with Crippen molar-refractivity contribution in [3.05, 3.63) is 35.8 Å². The topological polar surface area (TPSA) is 37.3 Å². The van der Waals surface area contributed by atoms with Crippen LogP contribution in [0.25, 0.3) is 0 Å². The second kappa shape index (κ2) is 3.95. The van der Waals surface area contributed by atoms with Crippen molar-refractivity contribution in [2.75, 3.05) is 0 Å². The van der Waals surface area contributed by atoms with Gasteiger partial charge in [0.1, 0.15) is 0 Å². The molecule has 3 heteroatoms. The zero-order chi connectivity index (χ0) is 8.15. The molecule has 0 saturated carbocycles. The summed E-state index contributed by atoms with van der Waals surface area (Å²) >= 11 is 3.80. The number of carboxylic acid groups (broad SMARTS) is 1. The van der Waals surface area contributed by atoms with Gasteiger partial charge in [0.25, 0.3) is 0 Å². The molecule has 0 rings (SSSR count). The highest BCUT2D eigenvalue weighted by Crippen LogP contribution is 2.04. The summed E-state index contributed by atoms with van der Waals surface area (Å²) in [5.74, 6) is -1.02. The van der Waals surface area contributed by atoms with Gasteiger partial charge < -0.3 is 5.11 Å². The Balaban J connectivity index is 4.49. The van der Waals surface area contributed by atoms with Gasteiger partial charge in [-0.1, -0.05) is 19.2 Å². The third-order valence-electron chi connectivity index (χ3n) is 0.789. The normalized spacial score (nSPS) is 10.7. The zero-order valence-electron chi connectivity index (χ0n) is 5.37. The minimum Gasteiger partial charge on any atom is -0.478 e. The predicted molar refractivity (Wildman–Crippen MR) is 44.0 cm³/mol. The van der Waals surface area contributed by atoms with E-state index in [9.17, 15) is 4.79 Å². The summed E-state index contributed by atoms with van der Waals surface area (Å²) in [4.78, 5) is 10.7. The molecule has 0 aliphatic heterocycles. The van der Waals surface area contributed by atoms with E-state index in [1.807, 2.05) is 0 Å². The Morgan fingerprint density at radius 2 is 2.10 bits per heavy atom. The maximum Gasteiger partial charge on any atom is 0.335 e. The van der Waals surface area contributed by atoms with Crippen molar-refractivity contribution in [2.24, 2.45) is 0 Å². The van der Waals surface area contributed by atoms with Crippen molar-refractivity contribution < 1.29 is 9.90 Å². The molecule has 0 aromatic heterocycles. The van der Waals surface area contributed by atoms with Gasteiger partial charge in [0.2, 0.25) is 0 Å². The summed E-state index contributed by atoms with van der Waals surface area (Å²) in [6.07, 6.45) is 2.57. The third-order valence-corrected chi connectivity index (χ3v) is 0.918. The second-order valence-corrected chi connectivity index (χ2v) is 2.17. The molecular formula is C7H8O2S. The van der Waals surface area contributed by atoms with Gasteiger partial charge in [0.05, 0.1) is 5.57 Å². The first kappa shape index (κ1) is 9.04. The number of aliphatic carboxylic acids is 1. The first-order chi connectivity index (χ1) is 4.57. The highest BCUT2D eigenvalue weighted by molar-refractivity contribution is 7.84. The molecule has 0 radical (unpaired) electrons. The molecule has 1 N–H and O–H groups in total. The summed E-state index contributed by atoms with van der Waals surface area (Å²) in [5, 5.41) is 8.41. The lowest BCUT2D eigenvalue weighted by Crippen LogP contribution is -1.96. The van der Waals surface area contributed by atoms with Gasteiger partial charge in [0, 0.05) is 0 Å². The molecule has 0 amide bonds. The fourth-order valence-electron chi connectivity index (χ4n) is 0.387. The van der Waals surface area contributed by atoms with Crippen LogP contribution in [-0.4, -0.2) is 11.1 Å². The summed E-state index contributed by atoms with van der Waals surface area (Å²) in [6.45, 7) is 6.71. The van der Waals surface area contributed by atoms with E-state index in [2.05, 4.69) is 25.8 Å². The standard InChI is InChI=1S/C7H8O2S/c1-3-6(7(8)9)4-5(2)10/h3-4,10H,1-2H2,(H,8,9)/b6-4+. The molecule has 10 heavy (non-hydrogen) atoms. The van der Waals surface area contributed by atoms with Crippen LogP contribution in [-0.2, 0) is 4.79 Å². The number of allylic oxidation sites excluding steroid dienone is 1. The summed E-state index contributed by atoms with van der Waals surface area (Å²) in [7, 11) is 0. The fraction of sp³-hybridized carbons (Fsp3) is 0. The van der Waals surface area contributed by atoms with E-state index in [1.165, 1.54) is 12.2 Å². The van der Waals surface area contributed by atoms with Crippen molar-refractivity contribution in [3.8, 4) is 0 Å². The van der Waals surface area contributed by atoms with Gasteiger partial charge >= 0.3 is 5.97 Å². The maximum atomic E-state index is 10.3. The summed E-state index contributed by atoms with van der Waals surface area (Å²) in [5.41, 5.74) is 0.0972. The van der Waals surface area contributed by atoms with Gasteiger partial charge in [0.15, 0.2) is 0 Å². The van der Waals surface area contributed by atoms with Crippen molar-refractivity contribution >= 4 is 18.6 Å². The third kappa shape index (κ3) is 3.14. The molecule has 0 bridgehead atoms. The van der Waals surface area contributed by atoms with Crippen LogP contribution >= 0.6 is 12.6 Å². The molecule has 0 aliphatic rings. The van der Waals surface area contributed by atoms with Crippen molar-refractivity contribution in [1.29, 1.82) is 0 Å². The van der Waals surface area contributed by atoms with Crippen LogP contribution in [0.3, 0.4) is 0 Å². The van der Waals surface area contributed by atoms with Crippen molar-refractivity contribution in [1.82, 2.24) is 0 Å². The largest absolute Gasteiger partial charge is 0.478 e. The van der Waals surface area contributed by atoms with Crippen LogP contribution in [0.15, 0.2) is 35.8 Å². The molecule has 0 aromatic carbocycles. The van der Waals surface area contributed by atoms with Crippen LogP contribution in [0.1, 0.15) is 0 Å². The second-order valence-electron chi connectivity index (χ2n) is 1.60. The molecule has 2 nitrogen and oxygen atoms in total. The first-order valence-corrected chi connectivity index (χ1v) is 2.98. The smallest absolute Gasteiger partial charge is 0.335 e. The zero-order valence-corrected chi connectivity index (χ0v) is 6.27. The molecule has 0 aromatic rings. The number of thiol groups is 1. The Labute approximate surface area is 65.0 Å². The SMILES string of the molecule is C=C/C(=C\C(=C)S)C(=O)O.